The minimum absolute atomic E-state index is 0.224. The van der Waals surface area contributed by atoms with Crippen molar-refractivity contribution in [3.8, 4) is 0 Å². The Labute approximate surface area is 130 Å². The second kappa shape index (κ2) is 6.13. The van der Waals surface area contributed by atoms with Crippen LogP contribution in [0.15, 0.2) is 36.7 Å². The van der Waals surface area contributed by atoms with Crippen LogP contribution in [0, 0.1) is 0 Å². The van der Waals surface area contributed by atoms with E-state index in [0.717, 1.165) is 18.5 Å². The van der Waals surface area contributed by atoms with E-state index >= 15 is 0 Å². The van der Waals surface area contributed by atoms with Gasteiger partial charge in [0.25, 0.3) is 5.91 Å². The Kier molecular flexibility index (Phi) is 4.04. The van der Waals surface area contributed by atoms with Crippen molar-refractivity contribution in [2.24, 2.45) is 0 Å². The number of anilines is 2. The number of nitrogens with one attached hydrogen (secondary N) is 2. The van der Waals surface area contributed by atoms with E-state index in [1.807, 2.05) is 24.3 Å². The Morgan fingerprint density at radius 2 is 1.91 bits per heavy atom. The Bertz CT molecular complexity index is 663. The van der Waals surface area contributed by atoms with E-state index in [-0.39, 0.29) is 5.91 Å². The maximum absolute atomic E-state index is 12.3. The molecule has 1 aromatic heterocycles. The van der Waals surface area contributed by atoms with Gasteiger partial charge in [0.1, 0.15) is 17.8 Å². The second-order valence-electron chi connectivity index (χ2n) is 5.94. The normalized spacial score (nSPS) is 14.0. The molecule has 22 heavy (non-hydrogen) atoms. The number of carbonyl (C=O) groups is 1. The van der Waals surface area contributed by atoms with Gasteiger partial charge >= 0.3 is 0 Å². The monoisotopic (exact) mass is 296 g/mol. The van der Waals surface area contributed by atoms with E-state index in [9.17, 15) is 4.79 Å². The zero-order valence-corrected chi connectivity index (χ0v) is 12.8. The molecule has 0 radical (unpaired) electrons. The van der Waals surface area contributed by atoms with Gasteiger partial charge in [-0.2, -0.15) is 0 Å². The molecule has 0 spiro atoms. The Morgan fingerprint density at radius 3 is 2.55 bits per heavy atom. The maximum Gasteiger partial charge on any atom is 0.274 e. The van der Waals surface area contributed by atoms with E-state index in [4.69, 9.17) is 0 Å². The highest BCUT2D eigenvalue weighted by atomic mass is 16.1. The largest absolute Gasteiger partial charge is 0.367 e. The second-order valence-corrected chi connectivity index (χ2v) is 5.94. The summed E-state index contributed by atoms with van der Waals surface area (Å²) >= 11 is 0. The van der Waals surface area contributed by atoms with E-state index in [1.54, 1.807) is 6.07 Å². The van der Waals surface area contributed by atoms with Crippen molar-refractivity contribution in [1.29, 1.82) is 0 Å². The molecule has 1 aliphatic rings. The number of aromatic nitrogens is 2. The van der Waals surface area contributed by atoms with Crippen molar-refractivity contribution < 1.29 is 4.79 Å². The maximum atomic E-state index is 12.3. The Hall–Kier alpha value is -2.43. The number of hydrogen-bond acceptors (Lipinski definition) is 4. The molecule has 1 aliphatic carbocycles. The third-order valence-electron chi connectivity index (χ3n) is 3.66. The fraction of sp³-hybridized carbons (Fsp3) is 0.353. The first-order valence-electron chi connectivity index (χ1n) is 7.62. The van der Waals surface area contributed by atoms with Gasteiger partial charge in [0.05, 0.1) is 0 Å². The fourth-order valence-electron chi connectivity index (χ4n) is 2.14. The molecule has 114 valence electrons. The molecule has 2 aromatic rings. The summed E-state index contributed by atoms with van der Waals surface area (Å²) in [6.07, 6.45) is 3.74. The third-order valence-corrected chi connectivity index (χ3v) is 3.66. The molecule has 0 atom stereocenters. The van der Waals surface area contributed by atoms with Crippen molar-refractivity contribution in [2.45, 2.75) is 38.6 Å². The van der Waals surface area contributed by atoms with E-state index in [0.29, 0.717) is 23.5 Å². The summed E-state index contributed by atoms with van der Waals surface area (Å²) < 4.78 is 0. The molecule has 1 heterocycles. The van der Waals surface area contributed by atoms with Crippen LogP contribution in [0.4, 0.5) is 11.5 Å². The van der Waals surface area contributed by atoms with Gasteiger partial charge in [-0.05, 0) is 36.5 Å². The average molecular weight is 296 g/mol. The first-order chi connectivity index (χ1) is 10.6. The summed E-state index contributed by atoms with van der Waals surface area (Å²) in [5.41, 5.74) is 2.38. The molecule has 3 rings (SSSR count). The van der Waals surface area contributed by atoms with Crippen LogP contribution in [0.5, 0.6) is 0 Å². The molecule has 0 unspecified atom stereocenters. The quantitative estimate of drug-likeness (QED) is 0.887. The lowest BCUT2D eigenvalue weighted by Crippen LogP contribution is -2.15. The smallest absolute Gasteiger partial charge is 0.274 e. The molecule has 1 amide bonds. The van der Waals surface area contributed by atoms with Gasteiger partial charge in [0, 0.05) is 17.8 Å². The predicted molar refractivity (Wildman–Crippen MR) is 87.2 cm³/mol. The summed E-state index contributed by atoms with van der Waals surface area (Å²) in [6.45, 7) is 4.28. The third kappa shape index (κ3) is 3.61. The molecule has 2 N–H and O–H groups in total. The van der Waals surface area contributed by atoms with Gasteiger partial charge in [-0.15, -0.1) is 0 Å². The van der Waals surface area contributed by atoms with Crippen LogP contribution in [0.25, 0.3) is 0 Å². The predicted octanol–water partition coefficient (Wildman–Crippen LogP) is 3.43. The van der Waals surface area contributed by atoms with Crippen molar-refractivity contribution >= 4 is 17.4 Å². The zero-order valence-electron chi connectivity index (χ0n) is 12.8. The van der Waals surface area contributed by atoms with Crippen LogP contribution >= 0.6 is 0 Å². The van der Waals surface area contributed by atoms with Gasteiger partial charge in [0.15, 0.2) is 0 Å². The molecule has 5 heteroatoms. The SMILES string of the molecule is CC(C)c1ccc(NC(=O)c2cc(NC3CC3)ncn2)cc1. The number of benzene rings is 1. The lowest BCUT2D eigenvalue weighted by atomic mass is 10.0. The highest BCUT2D eigenvalue weighted by molar-refractivity contribution is 6.03. The zero-order chi connectivity index (χ0) is 15.5. The molecule has 1 aromatic carbocycles. The van der Waals surface area contributed by atoms with Crippen LogP contribution < -0.4 is 10.6 Å². The van der Waals surface area contributed by atoms with Crippen LogP contribution in [-0.4, -0.2) is 21.9 Å². The van der Waals surface area contributed by atoms with Crippen LogP contribution in [-0.2, 0) is 0 Å². The number of rotatable bonds is 5. The van der Waals surface area contributed by atoms with Gasteiger partial charge in [0.2, 0.25) is 0 Å². The summed E-state index contributed by atoms with van der Waals surface area (Å²) in [5.74, 6) is 0.957. The van der Waals surface area contributed by atoms with Gasteiger partial charge in [-0.25, -0.2) is 9.97 Å². The Morgan fingerprint density at radius 1 is 1.18 bits per heavy atom. The molecule has 5 nitrogen and oxygen atoms in total. The first-order valence-corrected chi connectivity index (χ1v) is 7.62. The molecule has 0 aliphatic heterocycles. The standard InChI is InChI=1S/C17H20N4O/c1-11(2)12-3-5-14(6-4-12)21-17(22)15-9-16(19-10-18-15)20-13-7-8-13/h3-6,9-11,13H,7-8H2,1-2H3,(H,21,22)(H,18,19,20). The summed E-state index contributed by atoms with van der Waals surface area (Å²) in [6, 6.07) is 10.1. The number of hydrogen-bond donors (Lipinski definition) is 2. The highest BCUT2D eigenvalue weighted by Crippen LogP contribution is 2.23. The van der Waals surface area contributed by atoms with Crippen LogP contribution in [0.2, 0.25) is 0 Å². The van der Waals surface area contributed by atoms with Crippen molar-refractivity contribution in [1.82, 2.24) is 9.97 Å². The van der Waals surface area contributed by atoms with Crippen molar-refractivity contribution in [2.75, 3.05) is 10.6 Å². The molecular weight excluding hydrogens is 276 g/mol. The summed E-state index contributed by atoms with van der Waals surface area (Å²) in [4.78, 5) is 20.4. The summed E-state index contributed by atoms with van der Waals surface area (Å²) in [5, 5.41) is 6.13. The van der Waals surface area contributed by atoms with Crippen molar-refractivity contribution in [3.63, 3.8) is 0 Å². The molecule has 0 saturated heterocycles. The van der Waals surface area contributed by atoms with E-state index < -0.39 is 0 Å². The van der Waals surface area contributed by atoms with Gasteiger partial charge < -0.3 is 10.6 Å². The van der Waals surface area contributed by atoms with Gasteiger partial charge in [-0.3, -0.25) is 4.79 Å². The summed E-state index contributed by atoms with van der Waals surface area (Å²) in [7, 11) is 0. The van der Waals surface area contributed by atoms with E-state index in [1.165, 1.54) is 11.9 Å². The molecule has 1 saturated carbocycles. The fourth-order valence-corrected chi connectivity index (χ4v) is 2.14. The topological polar surface area (TPSA) is 66.9 Å². The minimum Gasteiger partial charge on any atom is -0.367 e. The van der Waals surface area contributed by atoms with Gasteiger partial charge in [-0.1, -0.05) is 26.0 Å². The minimum atomic E-state index is -0.224. The lowest BCUT2D eigenvalue weighted by molar-refractivity contribution is 0.102. The Balaban J connectivity index is 1.68. The van der Waals surface area contributed by atoms with Crippen LogP contribution in [0.1, 0.15) is 48.7 Å². The number of amides is 1. The first kappa shape index (κ1) is 14.5. The number of nitrogens with zero attached hydrogens (tertiary/aromatic N) is 2. The highest BCUT2D eigenvalue weighted by Gasteiger charge is 2.21. The van der Waals surface area contributed by atoms with Crippen molar-refractivity contribution in [3.05, 3.63) is 47.9 Å². The average Bonchev–Trinajstić information content (AvgIpc) is 3.32. The molecule has 0 bridgehead atoms. The van der Waals surface area contributed by atoms with E-state index in [2.05, 4.69) is 34.4 Å². The number of carbonyl (C=O) groups excluding carboxylic acids is 1. The lowest BCUT2D eigenvalue weighted by Gasteiger charge is -2.09. The molecule has 1 fully saturated rings. The van der Waals surface area contributed by atoms with Crippen LogP contribution in [0.3, 0.4) is 0 Å². The molecular formula is C17H20N4O.